The van der Waals surface area contributed by atoms with Gasteiger partial charge < -0.3 is 15.5 Å². The van der Waals surface area contributed by atoms with Crippen LogP contribution in [0.3, 0.4) is 0 Å². The zero-order valence-corrected chi connectivity index (χ0v) is 11.6. The molecule has 2 heterocycles. The Morgan fingerprint density at radius 2 is 2.15 bits per heavy atom. The number of fused-ring (bicyclic) bond motifs is 1. The molecule has 2 aliphatic rings. The number of para-hydroxylation sites is 1. The Labute approximate surface area is 118 Å². The van der Waals surface area contributed by atoms with Crippen molar-refractivity contribution in [2.45, 2.75) is 25.8 Å². The summed E-state index contributed by atoms with van der Waals surface area (Å²) in [5, 5.41) is 6.11. The summed E-state index contributed by atoms with van der Waals surface area (Å²) in [6.45, 7) is 3.76. The van der Waals surface area contributed by atoms with Crippen LogP contribution in [0.1, 0.15) is 29.3 Å². The molecule has 1 aromatic rings. The first-order valence-corrected chi connectivity index (χ1v) is 7.13. The van der Waals surface area contributed by atoms with Crippen LogP contribution in [-0.2, 0) is 11.2 Å². The molecule has 1 atom stereocenters. The summed E-state index contributed by atoms with van der Waals surface area (Å²) in [6, 6.07) is 5.42. The topological polar surface area (TPSA) is 61.4 Å². The third kappa shape index (κ3) is 2.13. The molecule has 20 heavy (non-hydrogen) atoms. The number of hydrogen-bond acceptors (Lipinski definition) is 3. The lowest BCUT2D eigenvalue weighted by Gasteiger charge is -2.34. The monoisotopic (exact) mass is 273 g/mol. The molecule has 2 N–H and O–H groups in total. The van der Waals surface area contributed by atoms with Gasteiger partial charge in [0.25, 0.3) is 5.91 Å². The average molecular weight is 273 g/mol. The minimum Gasteiger partial charge on any atom is -0.384 e. The van der Waals surface area contributed by atoms with Gasteiger partial charge in [0, 0.05) is 19.6 Å². The molecule has 1 saturated heterocycles. The van der Waals surface area contributed by atoms with Gasteiger partial charge in [-0.25, -0.2) is 0 Å². The number of benzene rings is 1. The van der Waals surface area contributed by atoms with Crippen molar-refractivity contribution < 1.29 is 9.59 Å². The van der Waals surface area contributed by atoms with E-state index in [0.717, 1.165) is 25.1 Å². The molecule has 1 unspecified atom stereocenters. The predicted octanol–water partition coefficient (Wildman–Crippen LogP) is 1.01. The van der Waals surface area contributed by atoms with Gasteiger partial charge in [0.1, 0.15) is 6.04 Å². The largest absolute Gasteiger partial charge is 0.384 e. The Hall–Kier alpha value is -2.04. The molecule has 1 aromatic carbocycles. The first-order chi connectivity index (χ1) is 9.68. The standard InChI is InChI=1S/C15H19N3O2/c1-10-14(19)17-8-9-18(10)15(20)12-6-2-4-11-5-3-7-16-13(11)12/h2,4,6,10,16H,3,5,7-9H2,1H3,(H,17,19). The number of rotatable bonds is 1. The van der Waals surface area contributed by atoms with E-state index in [4.69, 9.17) is 0 Å². The SMILES string of the molecule is CC1C(=O)NCCN1C(=O)c1cccc2c1NCCC2. The Morgan fingerprint density at radius 1 is 1.30 bits per heavy atom. The van der Waals surface area contributed by atoms with Crippen molar-refractivity contribution in [3.05, 3.63) is 29.3 Å². The van der Waals surface area contributed by atoms with Crippen LogP contribution in [0.15, 0.2) is 18.2 Å². The smallest absolute Gasteiger partial charge is 0.256 e. The molecule has 1 fully saturated rings. The zero-order chi connectivity index (χ0) is 14.1. The molecule has 5 nitrogen and oxygen atoms in total. The molecule has 3 rings (SSSR count). The van der Waals surface area contributed by atoms with Gasteiger partial charge in [-0.15, -0.1) is 0 Å². The summed E-state index contributed by atoms with van der Waals surface area (Å²) in [5.41, 5.74) is 2.82. The minimum atomic E-state index is -0.407. The van der Waals surface area contributed by atoms with Gasteiger partial charge in [0.2, 0.25) is 5.91 Å². The van der Waals surface area contributed by atoms with Crippen LogP contribution in [0.2, 0.25) is 0 Å². The van der Waals surface area contributed by atoms with Crippen molar-refractivity contribution in [2.75, 3.05) is 25.0 Å². The number of carbonyl (C=O) groups excluding carboxylic acids is 2. The predicted molar refractivity (Wildman–Crippen MR) is 76.8 cm³/mol. The fourth-order valence-corrected chi connectivity index (χ4v) is 2.90. The summed E-state index contributed by atoms with van der Waals surface area (Å²) < 4.78 is 0. The highest BCUT2D eigenvalue weighted by Gasteiger charge is 2.31. The van der Waals surface area contributed by atoms with Crippen molar-refractivity contribution in [1.29, 1.82) is 0 Å². The van der Waals surface area contributed by atoms with Crippen LogP contribution >= 0.6 is 0 Å². The van der Waals surface area contributed by atoms with Gasteiger partial charge in [-0.1, -0.05) is 12.1 Å². The number of piperazine rings is 1. The van der Waals surface area contributed by atoms with Crippen LogP contribution in [0.5, 0.6) is 0 Å². The molecule has 0 radical (unpaired) electrons. The van der Waals surface area contributed by atoms with E-state index in [1.165, 1.54) is 5.56 Å². The van der Waals surface area contributed by atoms with Crippen molar-refractivity contribution in [2.24, 2.45) is 0 Å². The molecule has 0 bridgehead atoms. The van der Waals surface area contributed by atoms with Crippen LogP contribution in [0.4, 0.5) is 5.69 Å². The third-order valence-corrected chi connectivity index (χ3v) is 4.07. The van der Waals surface area contributed by atoms with Crippen molar-refractivity contribution in [1.82, 2.24) is 10.2 Å². The molecule has 2 aliphatic heterocycles. The Kier molecular flexibility index (Phi) is 3.34. The molecule has 0 aromatic heterocycles. The van der Waals surface area contributed by atoms with Crippen LogP contribution < -0.4 is 10.6 Å². The van der Waals surface area contributed by atoms with Gasteiger partial charge in [-0.3, -0.25) is 9.59 Å². The lowest BCUT2D eigenvalue weighted by atomic mass is 9.98. The van der Waals surface area contributed by atoms with E-state index >= 15 is 0 Å². The van der Waals surface area contributed by atoms with Gasteiger partial charge in [-0.05, 0) is 31.4 Å². The maximum atomic E-state index is 12.7. The quantitative estimate of drug-likeness (QED) is 0.802. The second kappa shape index (κ2) is 5.15. The van der Waals surface area contributed by atoms with Gasteiger partial charge in [0.15, 0.2) is 0 Å². The van der Waals surface area contributed by atoms with E-state index in [-0.39, 0.29) is 11.8 Å². The van der Waals surface area contributed by atoms with Gasteiger partial charge >= 0.3 is 0 Å². The van der Waals surface area contributed by atoms with Crippen LogP contribution in [0, 0.1) is 0 Å². The lowest BCUT2D eigenvalue weighted by molar-refractivity contribution is -0.127. The molecule has 0 aliphatic carbocycles. The van der Waals surface area contributed by atoms with E-state index in [1.54, 1.807) is 11.8 Å². The molecule has 106 valence electrons. The summed E-state index contributed by atoms with van der Waals surface area (Å²) in [4.78, 5) is 26.1. The molecule has 0 saturated carbocycles. The Morgan fingerprint density at radius 3 is 3.00 bits per heavy atom. The number of nitrogens with one attached hydrogen (secondary N) is 2. The number of anilines is 1. The summed E-state index contributed by atoms with van der Waals surface area (Å²) in [6.07, 6.45) is 2.09. The van der Waals surface area contributed by atoms with E-state index in [2.05, 4.69) is 16.7 Å². The summed E-state index contributed by atoms with van der Waals surface area (Å²) in [7, 11) is 0. The van der Waals surface area contributed by atoms with Crippen molar-refractivity contribution >= 4 is 17.5 Å². The van der Waals surface area contributed by atoms with Gasteiger partial charge in [-0.2, -0.15) is 0 Å². The number of amides is 2. The van der Waals surface area contributed by atoms with E-state index < -0.39 is 6.04 Å². The van der Waals surface area contributed by atoms with Crippen molar-refractivity contribution in [3.8, 4) is 0 Å². The highest BCUT2D eigenvalue weighted by atomic mass is 16.2. The number of hydrogen-bond donors (Lipinski definition) is 2. The van der Waals surface area contributed by atoms with Crippen molar-refractivity contribution in [3.63, 3.8) is 0 Å². The maximum Gasteiger partial charge on any atom is 0.256 e. The van der Waals surface area contributed by atoms with E-state index in [0.29, 0.717) is 18.7 Å². The average Bonchev–Trinajstić information content (AvgIpc) is 2.49. The minimum absolute atomic E-state index is 0.0569. The molecule has 5 heteroatoms. The van der Waals surface area contributed by atoms with Gasteiger partial charge in [0.05, 0.1) is 11.3 Å². The Balaban J connectivity index is 1.92. The first kappa shape index (κ1) is 13.0. The summed E-state index contributed by atoms with van der Waals surface area (Å²) >= 11 is 0. The second-order valence-corrected chi connectivity index (χ2v) is 5.34. The molecular weight excluding hydrogens is 254 g/mol. The first-order valence-electron chi connectivity index (χ1n) is 7.13. The van der Waals surface area contributed by atoms with E-state index in [1.807, 2.05) is 12.1 Å². The number of aryl methyl sites for hydroxylation is 1. The van der Waals surface area contributed by atoms with Crippen LogP contribution in [-0.4, -0.2) is 42.4 Å². The fourth-order valence-electron chi connectivity index (χ4n) is 2.90. The number of nitrogens with zero attached hydrogens (tertiary/aromatic N) is 1. The third-order valence-electron chi connectivity index (χ3n) is 4.07. The maximum absolute atomic E-state index is 12.7. The highest BCUT2D eigenvalue weighted by Crippen LogP contribution is 2.27. The normalized spacial score (nSPS) is 21.8. The molecule has 2 amide bonds. The lowest BCUT2D eigenvalue weighted by Crippen LogP contribution is -2.55. The zero-order valence-electron chi connectivity index (χ0n) is 11.6. The van der Waals surface area contributed by atoms with Crippen LogP contribution in [0.25, 0.3) is 0 Å². The second-order valence-electron chi connectivity index (χ2n) is 5.34. The number of carbonyl (C=O) groups is 2. The molecular formula is C15H19N3O2. The molecule has 0 spiro atoms. The fraction of sp³-hybridized carbons (Fsp3) is 0.467. The Bertz CT molecular complexity index is 556. The highest BCUT2D eigenvalue weighted by molar-refractivity contribution is 6.02. The summed E-state index contributed by atoms with van der Waals surface area (Å²) in [5.74, 6) is -0.138. The van der Waals surface area contributed by atoms with E-state index in [9.17, 15) is 9.59 Å².